The molecule has 3 amide bonds. The van der Waals surface area contributed by atoms with Crippen molar-refractivity contribution in [3.05, 3.63) is 48.0 Å². The van der Waals surface area contributed by atoms with Crippen molar-refractivity contribution in [2.75, 3.05) is 13.2 Å². The third-order valence-electron chi connectivity index (χ3n) is 2.45. The van der Waals surface area contributed by atoms with E-state index in [0.717, 1.165) is 18.2 Å². The van der Waals surface area contributed by atoms with Gasteiger partial charge < -0.3 is 10.1 Å². The lowest BCUT2D eigenvalue weighted by molar-refractivity contribution is -0.138. The Morgan fingerprint density at radius 3 is 2.48 bits per heavy atom. The Labute approximate surface area is 129 Å². The largest absolute Gasteiger partial charge is 0.452 e. The number of benzene rings is 1. The van der Waals surface area contributed by atoms with Gasteiger partial charge in [0.15, 0.2) is 6.61 Å². The fourth-order valence-electron chi connectivity index (χ4n) is 1.49. The van der Waals surface area contributed by atoms with Crippen LogP contribution in [0.1, 0.15) is 15.9 Å². The predicted molar refractivity (Wildman–Crippen MR) is 73.5 cm³/mol. The smallest absolute Gasteiger partial charge is 0.417 e. The number of imide groups is 1. The summed E-state index contributed by atoms with van der Waals surface area (Å²) in [6.07, 6.45) is -3.36. The first-order chi connectivity index (χ1) is 10.8. The molecule has 6 nitrogen and oxygen atoms in total. The van der Waals surface area contributed by atoms with Crippen LogP contribution in [0.4, 0.5) is 18.0 Å². The second-order valence-corrected chi connectivity index (χ2v) is 4.17. The van der Waals surface area contributed by atoms with Crippen LogP contribution in [-0.2, 0) is 15.7 Å². The maximum absolute atomic E-state index is 12.7. The van der Waals surface area contributed by atoms with Crippen LogP contribution in [0.15, 0.2) is 36.9 Å². The van der Waals surface area contributed by atoms with Gasteiger partial charge in [-0.3, -0.25) is 10.1 Å². The summed E-state index contributed by atoms with van der Waals surface area (Å²) in [5, 5.41) is 4.06. The highest BCUT2D eigenvalue weighted by atomic mass is 19.4. The van der Waals surface area contributed by atoms with Crippen LogP contribution >= 0.6 is 0 Å². The van der Waals surface area contributed by atoms with Crippen molar-refractivity contribution in [2.45, 2.75) is 6.18 Å². The molecule has 0 aliphatic carbocycles. The molecular weight excluding hydrogens is 317 g/mol. The number of carbonyl (C=O) groups excluding carboxylic acids is 3. The molecule has 0 bridgehead atoms. The average Bonchev–Trinajstić information content (AvgIpc) is 2.49. The number of carbonyl (C=O) groups is 3. The van der Waals surface area contributed by atoms with Gasteiger partial charge in [-0.25, -0.2) is 9.59 Å². The van der Waals surface area contributed by atoms with E-state index in [1.807, 2.05) is 5.32 Å². The van der Waals surface area contributed by atoms with Crippen LogP contribution in [0.25, 0.3) is 0 Å². The van der Waals surface area contributed by atoms with Gasteiger partial charge >= 0.3 is 18.2 Å². The summed E-state index contributed by atoms with van der Waals surface area (Å²) in [6, 6.07) is 3.16. The highest BCUT2D eigenvalue weighted by Crippen LogP contribution is 2.32. The van der Waals surface area contributed by atoms with E-state index in [4.69, 9.17) is 0 Å². The third-order valence-corrected chi connectivity index (χ3v) is 2.45. The van der Waals surface area contributed by atoms with E-state index in [1.165, 1.54) is 12.1 Å². The second kappa shape index (κ2) is 7.97. The molecule has 0 atom stereocenters. The molecule has 2 N–H and O–H groups in total. The quantitative estimate of drug-likeness (QED) is 0.638. The highest BCUT2D eigenvalue weighted by Gasteiger charge is 2.35. The van der Waals surface area contributed by atoms with Gasteiger partial charge in [0.25, 0.3) is 5.91 Å². The molecule has 0 saturated carbocycles. The summed E-state index contributed by atoms with van der Waals surface area (Å²) in [4.78, 5) is 34.1. The molecule has 1 aromatic rings. The first-order valence-corrected chi connectivity index (χ1v) is 6.27. The van der Waals surface area contributed by atoms with Gasteiger partial charge in [-0.05, 0) is 12.1 Å². The second-order valence-electron chi connectivity index (χ2n) is 4.17. The topological polar surface area (TPSA) is 84.5 Å². The molecule has 0 aromatic heterocycles. The van der Waals surface area contributed by atoms with E-state index >= 15 is 0 Å². The zero-order valence-electron chi connectivity index (χ0n) is 11.8. The molecule has 0 aliphatic rings. The third kappa shape index (κ3) is 5.81. The van der Waals surface area contributed by atoms with Crippen LogP contribution in [0.5, 0.6) is 0 Å². The number of nitrogens with one attached hydrogen (secondary N) is 2. The molecule has 0 heterocycles. The lowest BCUT2D eigenvalue weighted by Crippen LogP contribution is -2.41. The van der Waals surface area contributed by atoms with Crippen molar-refractivity contribution in [1.82, 2.24) is 10.6 Å². The van der Waals surface area contributed by atoms with Crippen molar-refractivity contribution < 1.29 is 32.3 Å². The van der Waals surface area contributed by atoms with Crippen molar-refractivity contribution in [3.63, 3.8) is 0 Å². The fourth-order valence-corrected chi connectivity index (χ4v) is 1.49. The molecule has 0 unspecified atom stereocenters. The Morgan fingerprint density at radius 1 is 1.22 bits per heavy atom. The Morgan fingerprint density at radius 2 is 1.87 bits per heavy atom. The normalized spacial score (nSPS) is 10.6. The maximum Gasteiger partial charge on any atom is 0.417 e. The van der Waals surface area contributed by atoms with E-state index < -0.39 is 41.8 Å². The number of ether oxygens (including phenoxy) is 1. The number of alkyl halides is 3. The van der Waals surface area contributed by atoms with Crippen molar-refractivity contribution in [3.8, 4) is 0 Å². The van der Waals surface area contributed by atoms with Crippen molar-refractivity contribution in [1.29, 1.82) is 0 Å². The molecule has 1 aromatic carbocycles. The van der Waals surface area contributed by atoms with Gasteiger partial charge in [0.05, 0.1) is 11.1 Å². The number of rotatable bonds is 5. The summed E-state index contributed by atoms with van der Waals surface area (Å²) in [6.45, 7) is 2.56. The molecule has 0 radical (unpaired) electrons. The minimum atomic E-state index is -4.73. The predicted octanol–water partition coefficient (Wildman–Crippen LogP) is 1.87. The molecule has 0 spiro atoms. The molecule has 0 fully saturated rings. The lowest BCUT2D eigenvalue weighted by atomic mass is 10.1. The van der Waals surface area contributed by atoms with Crippen molar-refractivity contribution >= 4 is 17.9 Å². The van der Waals surface area contributed by atoms with E-state index in [0.29, 0.717) is 0 Å². The molecule has 1 rings (SSSR count). The molecule has 124 valence electrons. The Bertz CT molecular complexity index is 614. The van der Waals surface area contributed by atoms with Crippen LogP contribution in [0.2, 0.25) is 0 Å². The zero-order chi connectivity index (χ0) is 17.5. The van der Waals surface area contributed by atoms with Gasteiger partial charge in [0, 0.05) is 6.54 Å². The SMILES string of the molecule is C=CCNC(=O)NC(=O)COC(=O)c1ccccc1C(F)(F)F. The number of hydrogen-bond acceptors (Lipinski definition) is 4. The number of urea groups is 1. The standard InChI is InChI=1S/C14H13F3N2O4/c1-2-7-18-13(22)19-11(20)8-23-12(21)9-5-3-4-6-10(9)14(15,16)17/h2-6H,1,7-8H2,(H2,18,19,20,22). The Kier molecular flexibility index (Phi) is 6.31. The highest BCUT2D eigenvalue weighted by molar-refractivity contribution is 5.97. The van der Waals surface area contributed by atoms with E-state index in [9.17, 15) is 27.6 Å². The van der Waals surface area contributed by atoms with Crippen LogP contribution in [0, 0.1) is 0 Å². The molecule has 23 heavy (non-hydrogen) atoms. The first-order valence-electron chi connectivity index (χ1n) is 6.27. The summed E-state index contributed by atoms with van der Waals surface area (Å²) < 4.78 is 42.7. The molecular formula is C14H13F3N2O4. The monoisotopic (exact) mass is 330 g/mol. The summed E-state index contributed by atoms with van der Waals surface area (Å²) in [5.41, 5.74) is -1.89. The van der Waals surface area contributed by atoms with Gasteiger partial charge in [-0.15, -0.1) is 6.58 Å². The maximum atomic E-state index is 12.7. The zero-order valence-corrected chi connectivity index (χ0v) is 11.8. The number of amides is 3. The van der Waals surface area contributed by atoms with E-state index in [2.05, 4.69) is 16.6 Å². The Balaban J connectivity index is 2.63. The van der Waals surface area contributed by atoms with Gasteiger partial charge in [-0.1, -0.05) is 18.2 Å². The first kappa shape index (κ1) is 18.2. The molecule has 0 saturated heterocycles. The number of hydrogen-bond donors (Lipinski definition) is 2. The van der Waals surface area contributed by atoms with Crippen molar-refractivity contribution in [2.24, 2.45) is 0 Å². The van der Waals surface area contributed by atoms with Gasteiger partial charge in [0.1, 0.15) is 0 Å². The minimum Gasteiger partial charge on any atom is -0.452 e. The van der Waals surface area contributed by atoms with Gasteiger partial charge in [0.2, 0.25) is 0 Å². The van der Waals surface area contributed by atoms with Crippen LogP contribution < -0.4 is 10.6 Å². The molecule has 9 heteroatoms. The average molecular weight is 330 g/mol. The molecule has 0 aliphatic heterocycles. The van der Waals surface area contributed by atoms with E-state index in [-0.39, 0.29) is 6.54 Å². The summed E-state index contributed by atoms with van der Waals surface area (Å²) in [5.74, 6) is -2.30. The number of halogens is 3. The summed E-state index contributed by atoms with van der Waals surface area (Å²) >= 11 is 0. The fraction of sp³-hybridized carbons (Fsp3) is 0.214. The minimum absolute atomic E-state index is 0.109. The van der Waals surface area contributed by atoms with Gasteiger partial charge in [-0.2, -0.15) is 13.2 Å². The summed E-state index contributed by atoms with van der Waals surface area (Å²) in [7, 11) is 0. The van der Waals surface area contributed by atoms with Crippen LogP contribution in [-0.4, -0.2) is 31.1 Å². The van der Waals surface area contributed by atoms with Crippen LogP contribution in [0.3, 0.4) is 0 Å². The number of esters is 1. The van der Waals surface area contributed by atoms with E-state index in [1.54, 1.807) is 0 Å². The lowest BCUT2D eigenvalue weighted by Gasteiger charge is -2.12. The Hall–Kier alpha value is -2.84.